The van der Waals surface area contributed by atoms with E-state index in [1.165, 1.54) is 25.8 Å². The van der Waals surface area contributed by atoms with Gasteiger partial charge in [-0.2, -0.15) is 0 Å². The standard InChI is InChI=1S/C16H30N2O2/c1-12(2)6-8-18(13-3-4-13)15-11-16(7-5-14(15)17)19-9-10-20-16/h12-15H,3-11,17H2,1-2H3. The van der Waals surface area contributed by atoms with Crippen LogP contribution in [0.15, 0.2) is 0 Å². The van der Waals surface area contributed by atoms with Crippen molar-refractivity contribution >= 4 is 0 Å². The van der Waals surface area contributed by atoms with Crippen LogP contribution in [0.25, 0.3) is 0 Å². The van der Waals surface area contributed by atoms with E-state index < -0.39 is 0 Å². The van der Waals surface area contributed by atoms with Crippen LogP contribution in [0, 0.1) is 5.92 Å². The minimum atomic E-state index is -0.314. The molecule has 0 aromatic rings. The fraction of sp³-hybridized carbons (Fsp3) is 1.00. The van der Waals surface area contributed by atoms with Crippen molar-refractivity contribution in [2.24, 2.45) is 11.7 Å². The first-order valence-electron chi connectivity index (χ1n) is 8.39. The molecule has 1 aliphatic heterocycles. The van der Waals surface area contributed by atoms with Gasteiger partial charge < -0.3 is 15.2 Å². The van der Waals surface area contributed by atoms with E-state index in [4.69, 9.17) is 15.2 Å². The topological polar surface area (TPSA) is 47.7 Å². The molecule has 20 heavy (non-hydrogen) atoms. The fourth-order valence-electron chi connectivity index (χ4n) is 3.71. The second-order valence-electron chi connectivity index (χ2n) is 7.23. The molecule has 2 unspecified atom stereocenters. The second kappa shape index (κ2) is 5.91. The van der Waals surface area contributed by atoms with Crippen molar-refractivity contribution in [1.82, 2.24) is 4.90 Å². The summed E-state index contributed by atoms with van der Waals surface area (Å²) in [4.78, 5) is 2.68. The third-order valence-electron chi connectivity index (χ3n) is 5.09. The van der Waals surface area contributed by atoms with Crippen molar-refractivity contribution < 1.29 is 9.47 Å². The summed E-state index contributed by atoms with van der Waals surface area (Å²) in [6.07, 6.45) is 6.90. The Morgan fingerprint density at radius 2 is 1.90 bits per heavy atom. The van der Waals surface area contributed by atoms with Crippen LogP contribution in [0.1, 0.15) is 52.4 Å². The molecule has 4 heteroatoms. The Hall–Kier alpha value is -0.160. The number of hydrogen-bond donors (Lipinski definition) is 1. The van der Waals surface area contributed by atoms with Gasteiger partial charge in [0.15, 0.2) is 5.79 Å². The highest BCUT2D eigenvalue weighted by molar-refractivity contribution is 4.99. The number of ether oxygens (including phenoxy) is 2. The van der Waals surface area contributed by atoms with Crippen molar-refractivity contribution in [3.8, 4) is 0 Å². The van der Waals surface area contributed by atoms with Crippen molar-refractivity contribution in [1.29, 1.82) is 0 Å². The highest BCUT2D eigenvalue weighted by Crippen LogP contribution is 2.40. The van der Waals surface area contributed by atoms with Crippen LogP contribution in [0.5, 0.6) is 0 Å². The summed E-state index contributed by atoms with van der Waals surface area (Å²) in [5.74, 6) is 0.440. The number of hydrogen-bond acceptors (Lipinski definition) is 4. The Kier molecular flexibility index (Phi) is 4.37. The molecular weight excluding hydrogens is 252 g/mol. The van der Waals surface area contributed by atoms with Crippen molar-refractivity contribution in [3.63, 3.8) is 0 Å². The quantitative estimate of drug-likeness (QED) is 0.839. The Morgan fingerprint density at radius 3 is 2.50 bits per heavy atom. The molecule has 2 saturated carbocycles. The Labute approximate surface area is 123 Å². The average molecular weight is 282 g/mol. The van der Waals surface area contributed by atoms with E-state index in [1.54, 1.807) is 0 Å². The maximum absolute atomic E-state index is 6.45. The highest BCUT2D eigenvalue weighted by Gasteiger charge is 2.48. The Balaban J connectivity index is 1.67. The van der Waals surface area contributed by atoms with Crippen LogP contribution in [0.2, 0.25) is 0 Å². The van der Waals surface area contributed by atoms with Gasteiger partial charge in [0, 0.05) is 31.0 Å². The lowest BCUT2D eigenvalue weighted by Gasteiger charge is -2.45. The maximum atomic E-state index is 6.45. The molecule has 116 valence electrons. The average Bonchev–Trinajstić information content (AvgIpc) is 3.15. The molecule has 0 aromatic carbocycles. The van der Waals surface area contributed by atoms with Crippen molar-refractivity contribution in [3.05, 3.63) is 0 Å². The zero-order chi connectivity index (χ0) is 14.2. The van der Waals surface area contributed by atoms with Gasteiger partial charge in [0.05, 0.1) is 13.2 Å². The van der Waals surface area contributed by atoms with Crippen LogP contribution in [0.4, 0.5) is 0 Å². The molecule has 0 bridgehead atoms. The predicted octanol–water partition coefficient (Wildman–Crippen LogP) is 2.12. The van der Waals surface area contributed by atoms with Gasteiger partial charge in [0.1, 0.15) is 0 Å². The third kappa shape index (κ3) is 3.19. The number of nitrogens with zero attached hydrogens (tertiary/aromatic N) is 1. The zero-order valence-corrected chi connectivity index (χ0v) is 13.0. The molecule has 0 radical (unpaired) electrons. The minimum Gasteiger partial charge on any atom is -0.347 e. The first-order valence-corrected chi connectivity index (χ1v) is 8.39. The lowest BCUT2D eigenvalue weighted by molar-refractivity contribution is -0.192. The largest absolute Gasteiger partial charge is 0.347 e. The molecule has 3 aliphatic rings. The molecule has 2 atom stereocenters. The summed E-state index contributed by atoms with van der Waals surface area (Å²) >= 11 is 0. The normalized spacial score (nSPS) is 33.5. The van der Waals surface area contributed by atoms with Gasteiger partial charge in [-0.3, -0.25) is 4.90 Å². The summed E-state index contributed by atoms with van der Waals surface area (Å²) < 4.78 is 11.9. The summed E-state index contributed by atoms with van der Waals surface area (Å²) in [7, 11) is 0. The van der Waals surface area contributed by atoms with Gasteiger partial charge in [0.2, 0.25) is 0 Å². The monoisotopic (exact) mass is 282 g/mol. The van der Waals surface area contributed by atoms with Gasteiger partial charge in [-0.25, -0.2) is 0 Å². The van der Waals surface area contributed by atoms with E-state index >= 15 is 0 Å². The molecule has 4 nitrogen and oxygen atoms in total. The van der Waals surface area contributed by atoms with Crippen LogP contribution >= 0.6 is 0 Å². The molecule has 0 aromatic heterocycles. The second-order valence-corrected chi connectivity index (χ2v) is 7.23. The fourth-order valence-corrected chi connectivity index (χ4v) is 3.71. The summed E-state index contributed by atoms with van der Waals surface area (Å²) in [6.45, 7) is 7.28. The molecule has 0 amide bonds. The number of rotatable bonds is 5. The van der Waals surface area contributed by atoms with E-state index in [0.717, 1.165) is 44.4 Å². The van der Waals surface area contributed by atoms with Crippen molar-refractivity contribution in [2.45, 2.75) is 76.3 Å². The van der Waals surface area contributed by atoms with Gasteiger partial charge in [-0.1, -0.05) is 13.8 Å². The summed E-state index contributed by atoms with van der Waals surface area (Å²) in [6, 6.07) is 1.48. The van der Waals surface area contributed by atoms with E-state index in [9.17, 15) is 0 Å². The molecule has 1 heterocycles. The van der Waals surface area contributed by atoms with Crippen LogP contribution in [-0.2, 0) is 9.47 Å². The van der Waals surface area contributed by atoms with E-state index in [-0.39, 0.29) is 11.8 Å². The Morgan fingerprint density at radius 1 is 1.20 bits per heavy atom. The van der Waals surface area contributed by atoms with Gasteiger partial charge in [0.25, 0.3) is 0 Å². The first-order chi connectivity index (χ1) is 9.60. The molecule has 3 fully saturated rings. The van der Waals surface area contributed by atoms with E-state index in [0.29, 0.717) is 6.04 Å². The van der Waals surface area contributed by atoms with Gasteiger partial charge in [-0.05, 0) is 38.1 Å². The summed E-state index contributed by atoms with van der Waals surface area (Å²) in [5.41, 5.74) is 6.45. The molecule has 2 aliphatic carbocycles. The van der Waals surface area contributed by atoms with E-state index in [2.05, 4.69) is 18.7 Å². The lowest BCUT2D eigenvalue weighted by Crippen LogP contribution is -2.57. The van der Waals surface area contributed by atoms with Gasteiger partial charge in [-0.15, -0.1) is 0 Å². The SMILES string of the molecule is CC(C)CCN(C1CC1)C1CC2(CCC1N)OCCO2. The molecule has 1 spiro atoms. The molecule has 1 saturated heterocycles. The summed E-state index contributed by atoms with van der Waals surface area (Å²) in [5, 5.41) is 0. The highest BCUT2D eigenvalue weighted by atomic mass is 16.7. The molecular formula is C16H30N2O2. The molecule has 2 N–H and O–H groups in total. The van der Waals surface area contributed by atoms with Crippen LogP contribution < -0.4 is 5.73 Å². The number of nitrogens with two attached hydrogens (primary N) is 1. The maximum Gasteiger partial charge on any atom is 0.170 e. The lowest BCUT2D eigenvalue weighted by atomic mass is 9.84. The van der Waals surface area contributed by atoms with Crippen LogP contribution in [0.3, 0.4) is 0 Å². The molecule has 3 rings (SSSR count). The third-order valence-corrected chi connectivity index (χ3v) is 5.09. The van der Waals surface area contributed by atoms with Crippen molar-refractivity contribution in [2.75, 3.05) is 19.8 Å². The van der Waals surface area contributed by atoms with E-state index in [1.807, 2.05) is 0 Å². The van der Waals surface area contributed by atoms with Crippen LogP contribution in [-0.4, -0.2) is 48.6 Å². The van der Waals surface area contributed by atoms with Gasteiger partial charge >= 0.3 is 0 Å². The first kappa shape index (κ1) is 14.8. The smallest absolute Gasteiger partial charge is 0.170 e. The predicted molar refractivity (Wildman–Crippen MR) is 79.4 cm³/mol. The Bertz CT molecular complexity index is 324. The minimum absolute atomic E-state index is 0.279. The zero-order valence-electron chi connectivity index (χ0n) is 13.0.